The Bertz CT molecular complexity index is 734. The van der Waals surface area contributed by atoms with E-state index in [1.54, 1.807) is 13.8 Å². The van der Waals surface area contributed by atoms with Crippen LogP contribution >= 0.6 is 15.6 Å². The number of nitrogens with zero attached hydrogens (tertiary/aromatic N) is 4. The van der Waals surface area contributed by atoms with Gasteiger partial charge in [-0.25, -0.2) is 4.98 Å². The Morgan fingerprint density at radius 3 is 2.46 bits per heavy atom. The second-order valence-corrected chi connectivity index (χ2v) is 8.42. The molecule has 1 heterocycles. The molecule has 1 unspecified atom stereocenters. The van der Waals surface area contributed by atoms with Crippen molar-refractivity contribution in [2.75, 3.05) is 39.7 Å². The van der Waals surface area contributed by atoms with Gasteiger partial charge < -0.3 is 19.7 Å². The van der Waals surface area contributed by atoms with Gasteiger partial charge in [0.25, 0.3) is 5.45 Å². The fraction of sp³-hybridized carbons (Fsp3) is 0.538. The number of nitrogens with one attached hydrogen (secondary N) is 2. The zero-order valence-electron chi connectivity index (χ0n) is 15.3. The summed E-state index contributed by atoms with van der Waals surface area (Å²) in [6.07, 6.45) is 0. The molecule has 26 heavy (non-hydrogen) atoms. The average Bonchev–Trinajstić information content (AvgIpc) is 2.63. The van der Waals surface area contributed by atoms with Gasteiger partial charge >= 0.3 is 15.6 Å². The first-order valence-corrected chi connectivity index (χ1v) is 10.2. The summed E-state index contributed by atoms with van der Waals surface area (Å²) in [4.78, 5) is 16.2. The lowest BCUT2D eigenvalue weighted by molar-refractivity contribution is 0.285. The largest absolute Gasteiger partial charge is 0.564 e. The van der Waals surface area contributed by atoms with E-state index in [-0.39, 0.29) is 11.5 Å². The number of hydrogen-bond donors (Lipinski definition) is 2. The maximum Gasteiger partial charge on any atom is 0.564 e. The van der Waals surface area contributed by atoms with Crippen LogP contribution in [0.4, 0.5) is 5.95 Å². The third kappa shape index (κ3) is 6.51. The molecule has 0 aliphatic carbocycles. The molecule has 0 spiro atoms. The van der Waals surface area contributed by atoms with Crippen molar-refractivity contribution in [3.05, 3.63) is 18.2 Å². The molecule has 1 aromatic heterocycles. The quantitative estimate of drug-likeness (QED) is 0.317. The normalized spacial score (nSPS) is 12.7. The molecule has 144 valence electrons. The minimum atomic E-state index is -3.56. The SMILES string of the molecule is C=C(N=C(C)[P+](=O)OC)NCCNc1nc(C)nc(P(=O)(OC)OC)n1. The molecule has 0 aliphatic rings. The molecular weight excluding hydrogens is 382 g/mol. The molecule has 0 bridgehead atoms. The van der Waals surface area contributed by atoms with Crippen molar-refractivity contribution >= 4 is 32.6 Å². The van der Waals surface area contributed by atoms with Gasteiger partial charge in [-0.05, 0) is 11.5 Å². The Morgan fingerprint density at radius 2 is 1.88 bits per heavy atom. The van der Waals surface area contributed by atoms with Crippen LogP contribution in [0.15, 0.2) is 17.4 Å². The van der Waals surface area contributed by atoms with Crippen molar-refractivity contribution in [2.45, 2.75) is 13.8 Å². The van der Waals surface area contributed by atoms with Gasteiger partial charge in [0.15, 0.2) is 0 Å². The van der Waals surface area contributed by atoms with Crippen LogP contribution in [0.25, 0.3) is 0 Å². The first-order valence-electron chi connectivity index (χ1n) is 7.43. The molecule has 1 rings (SSSR count). The molecule has 11 nitrogen and oxygen atoms in total. The molecule has 0 aliphatic heterocycles. The molecule has 13 heteroatoms. The molecule has 0 saturated carbocycles. The first kappa shape index (κ1) is 22.3. The highest BCUT2D eigenvalue weighted by atomic mass is 31.2. The van der Waals surface area contributed by atoms with Gasteiger partial charge in [-0.15, -0.1) is 4.52 Å². The van der Waals surface area contributed by atoms with E-state index in [1.807, 2.05) is 0 Å². The molecule has 2 N–H and O–H groups in total. The summed E-state index contributed by atoms with van der Waals surface area (Å²) in [5.41, 5.74) is 0.263. The summed E-state index contributed by atoms with van der Waals surface area (Å²) in [5, 5.41) is 5.90. The first-order chi connectivity index (χ1) is 12.3. The van der Waals surface area contributed by atoms with Crippen molar-refractivity contribution in [1.82, 2.24) is 20.3 Å². The van der Waals surface area contributed by atoms with Crippen LogP contribution in [0.1, 0.15) is 12.7 Å². The summed E-state index contributed by atoms with van der Waals surface area (Å²) in [6.45, 7) is 7.80. The highest BCUT2D eigenvalue weighted by Gasteiger charge is 2.29. The highest BCUT2D eigenvalue weighted by Crippen LogP contribution is 2.43. The second-order valence-electron chi connectivity index (χ2n) is 4.77. The monoisotopic (exact) mass is 405 g/mol. The van der Waals surface area contributed by atoms with E-state index in [2.05, 4.69) is 37.2 Å². The van der Waals surface area contributed by atoms with Crippen LogP contribution in [0.2, 0.25) is 0 Å². The lowest BCUT2D eigenvalue weighted by Gasteiger charge is -2.13. The van der Waals surface area contributed by atoms with Crippen LogP contribution in [-0.2, 0) is 22.7 Å². The van der Waals surface area contributed by atoms with Crippen LogP contribution in [0.5, 0.6) is 0 Å². The maximum atomic E-state index is 12.4. The van der Waals surface area contributed by atoms with E-state index in [4.69, 9.17) is 13.6 Å². The number of hydrogen-bond acceptors (Lipinski definition) is 11. The van der Waals surface area contributed by atoms with E-state index in [0.29, 0.717) is 30.2 Å². The summed E-state index contributed by atoms with van der Waals surface area (Å²) in [6, 6.07) is 0. The number of aryl methyl sites for hydroxylation is 1. The summed E-state index contributed by atoms with van der Waals surface area (Å²) in [5.74, 6) is 0.949. The van der Waals surface area contributed by atoms with Crippen LogP contribution < -0.4 is 16.2 Å². The van der Waals surface area contributed by atoms with E-state index in [9.17, 15) is 9.13 Å². The zero-order valence-corrected chi connectivity index (χ0v) is 17.1. The van der Waals surface area contributed by atoms with Crippen LogP contribution in [0.3, 0.4) is 0 Å². The Balaban J connectivity index is 2.64. The maximum absolute atomic E-state index is 12.4. The highest BCUT2D eigenvalue weighted by molar-refractivity contribution is 7.61. The molecule has 0 saturated heterocycles. The van der Waals surface area contributed by atoms with Crippen molar-refractivity contribution in [3.8, 4) is 0 Å². The van der Waals surface area contributed by atoms with Gasteiger partial charge in [0.1, 0.15) is 11.6 Å². The standard InChI is InChI=1S/C13H23N6O5P2/c1-9(16-11(3)25(20)22-4)14-7-8-15-12-17-10(2)18-13(19-12)26(21,23-5)24-6/h14H,1,7-8H2,2-6H3,(H,15,17,18,19)/q+1. The van der Waals surface area contributed by atoms with Gasteiger partial charge in [-0.3, -0.25) is 4.57 Å². The Hall–Kier alpha value is -1.77. The van der Waals surface area contributed by atoms with Gasteiger partial charge in [0, 0.05) is 34.2 Å². The molecular formula is C13H23N6O5P2+. The Kier molecular flexibility index (Phi) is 8.91. The van der Waals surface area contributed by atoms with Gasteiger partial charge in [0.2, 0.25) is 11.5 Å². The van der Waals surface area contributed by atoms with Gasteiger partial charge in [-0.1, -0.05) is 6.58 Å². The Morgan fingerprint density at radius 1 is 1.23 bits per heavy atom. The van der Waals surface area contributed by atoms with E-state index in [1.165, 1.54) is 21.3 Å². The zero-order chi connectivity index (χ0) is 19.7. The summed E-state index contributed by atoms with van der Waals surface area (Å²) < 4.78 is 38.2. The molecule has 0 amide bonds. The fourth-order valence-corrected chi connectivity index (χ4v) is 3.12. The van der Waals surface area contributed by atoms with Crippen molar-refractivity contribution in [3.63, 3.8) is 0 Å². The van der Waals surface area contributed by atoms with Crippen molar-refractivity contribution < 1.29 is 22.7 Å². The molecule has 0 radical (unpaired) electrons. The van der Waals surface area contributed by atoms with Gasteiger partial charge in [0.05, 0.1) is 7.11 Å². The molecule has 1 aromatic rings. The summed E-state index contributed by atoms with van der Waals surface area (Å²) >= 11 is 0. The molecule has 0 aromatic carbocycles. The van der Waals surface area contributed by atoms with E-state index >= 15 is 0 Å². The lowest BCUT2D eigenvalue weighted by atomic mass is 10.6. The molecule has 1 atom stereocenters. The van der Waals surface area contributed by atoms with Crippen molar-refractivity contribution in [2.24, 2.45) is 4.99 Å². The number of anilines is 1. The predicted octanol–water partition coefficient (Wildman–Crippen LogP) is 1.57. The average molecular weight is 405 g/mol. The third-order valence-corrected chi connectivity index (χ3v) is 5.54. The number of aromatic nitrogens is 3. The lowest BCUT2D eigenvalue weighted by Crippen LogP contribution is -2.25. The molecule has 0 fully saturated rings. The van der Waals surface area contributed by atoms with E-state index in [0.717, 1.165) is 0 Å². The fourth-order valence-electron chi connectivity index (χ4n) is 1.70. The number of aliphatic imine (C=N–C) groups is 1. The van der Waals surface area contributed by atoms with Gasteiger partial charge in [-0.2, -0.15) is 15.0 Å². The second kappa shape index (κ2) is 10.4. The topological polar surface area (TPSA) is 137 Å². The number of rotatable bonds is 11. The van der Waals surface area contributed by atoms with Crippen molar-refractivity contribution in [1.29, 1.82) is 0 Å². The van der Waals surface area contributed by atoms with Crippen LogP contribution in [-0.4, -0.2) is 54.8 Å². The smallest absolute Gasteiger partial charge is 0.369 e. The van der Waals surface area contributed by atoms with E-state index < -0.39 is 15.6 Å². The minimum Gasteiger partial charge on any atom is -0.369 e. The third-order valence-electron chi connectivity index (χ3n) is 2.93. The van der Waals surface area contributed by atoms with Crippen LogP contribution in [0, 0.1) is 6.92 Å². The Labute approximate surface area is 153 Å². The summed E-state index contributed by atoms with van der Waals surface area (Å²) in [7, 11) is -1.65. The predicted molar refractivity (Wildman–Crippen MR) is 99.2 cm³/mol. The minimum absolute atomic E-state index is 0.0709.